The molecule has 0 amide bonds. The first-order valence-corrected chi connectivity index (χ1v) is 7.11. The maximum atomic E-state index is 10.8. The van der Waals surface area contributed by atoms with Crippen LogP contribution in [0.25, 0.3) is 0 Å². The molecule has 1 heterocycles. The first-order chi connectivity index (χ1) is 10.3. The minimum Gasteiger partial charge on any atom is -0.370 e. The third kappa shape index (κ3) is 2.66. The van der Waals surface area contributed by atoms with Crippen LogP contribution >= 0.6 is 0 Å². The molecule has 1 aliphatic heterocycles. The monoisotopic (exact) mass is 276 g/mol. The van der Waals surface area contributed by atoms with Crippen LogP contribution in [0.3, 0.4) is 0 Å². The van der Waals surface area contributed by atoms with Gasteiger partial charge in [-0.15, -0.1) is 0 Å². The van der Waals surface area contributed by atoms with Crippen LogP contribution < -0.4 is 4.90 Å². The van der Waals surface area contributed by atoms with Crippen molar-refractivity contribution in [2.75, 3.05) is 18.0 Å². The van der Waals surface area contributed by atoms with E-state index in [0.717, 1.165) is 31.5 Å². The molecule has 0 saturated carbocycles. The van der Waals surface area contributed by atoms with Crippen molar-refractivity contribution < 1.29 is 4.79 Å². The van der Waals surface area contributed by atoms with Gasteiger partial charge in [0.1, 0.15) is 12.4 Å². The highest BCUT2D eigenvalue weighted by Crippen LogP contribution is 2.32. The first-order valence-electron chi connectivity index (χ1n) is 7.11. The number of hydrogen-bond donors (Lipinski definition) is 0. The predicted molar refractivity (Wildman–Crippen MR) is 82.6 cm³/mol. The molecule has 1 atom stereocenters. The van der Waals surface area contributed by atoms with Crippen LogP contribution in [-0.2, 0) is 0 Å². The number of aldehydes is 1. The molecular weight excluding hydrogens is 260 g/mol. The summed E-state index contributed by atoms with van der Waals surface area (Å²) in [6, 6.07) is 18.0. The number of nitriles is 1. The fourth-order valence-corrected chi connectivity index (χ4v) is 2.97. The fraction of sp³-hybridized carbons (Fsp3) is 0.222. The molecule has 2 aromatic carbocycles. The Morgan fingerprint density at radius 3 is 2.71 bits per heavy atom. The average Bonchev–Trinajstić information content (AvgIpc) is 3.04. The zero-order valence-corrected chi connectivity index (χ0v) is 11.7. The van der Waals surface area contributed by atoms with Crippen molar-refractivity contribution in [2.45, 2.75) is 12.3 Å². The lowest BCUT2D eigenvalue weighted by molar-refractivity contribution is 0.112. The average molecular weight is 276 g/mol. The molecule has 0 N–H and O–H groups in total. The Balaban J connectivity index is 1.84. The van der Waals surface area contributed by atoms with E-state index >= 15 is 0 Å². The van der Waals surface area contributed by atoms with Gasteiger partial charge in [0.15, 0.2) is 0 Å². The number of benzene rings is 2. The Kier molecular flexibility index (Phi) is 3.70. The van der Waals surface area contributed by atoms with Crippen molar-refractivity contribution in [3.63, 3.8) is 0 Å². The van der Waals surface area contributed by atoms with Gasteiger partial charge in [0, 0.05) is 24.6 Å². The van der Waals surface area contributed by atoms with E-state index in [2.05, 4.69) is 35.2 Å². The lowest BCUT2D eigenvalue weighted by atomic mass is 9.99. The van der Waals surface area contributed by atoms with Gasteiger partial charge in [-0.2, -0.15) is 5.26 Å². The number of carbonyl (C=O) groups excluding carboxylic acids is 1. The SMILES string of the molecule is N#Cc1cc(C=O)ccc1N1CCC(c2ccccc2)C1. The van der Waals surface area contributed by atoms with Crippen molar-refractivity contribution in [2.24, 2.45) is 0 Å². The molecule has 3 nitrogen and oxygen atoms in total. The largest absolute Gasteiger partial charge is 0.370 e. The second-order valence-electron chi connectivity index (χ2n) is 5.35. The molecule has 0 spiro atoms. The molecule has 1 unspecified atom stereocenters. The number of nitrogens with zero attached hydrogens (tertiary/aromatic N) is 2. The molecule has 21 heavy (non-hydrogen) atoms. The van der Waals surface area contributed by atoms with Gasteiger partial charge in [0.2, 0.25) is 0 Å². The van der Waals surface area contributed by atoms with Crippen molar-refractivity contribution in [1.29, 1.82) is 5.26 Å². The number of anilines is 1. The van der Waals surface area contributed by atoms with Gasteiger partial charge in [0.25, 0.3) is 0 Å². The molecule has 0 bridgehead atoms. The van der Waals surface area contributed by atoms with Crippen LogP contribution in [0.5, 0.6) is 0 Å². The van der Waals surface area contributed by atoms with Crippen molar-refractivity contribution in [1.82, 2.24) is 0 Å². The second kappa shape index (κ2) is 5.80. The summed E-state index contributed by atoms with van der Waals surface area (Å²) in [6.45, 7) is 1.85. The summed E-state index contributed by atoms with van der Waals surface area (Å²) in [5, 5.41) is 9.29. The first kappa shape index (κ1) is 13.4. The third-order valence-corrected chi connectivity index (χ3v) is 4.08. The van der Waals surface area contributed by atoms with E-state index in [1.807, 2.05) is 12.1 Å². The van der Waals surface area contributed by atoms with Crippen LogP contribution in [0.1, 0.15) is 33.8 Å². The maximum Gasteiger partial charge on any atom is 0.150 e. The van der Waals surface area contributed by atoms with E-state index < -0.39 is 0 Å². The summed E-state index contributed by atoms with van der Waals surface area (Å²) in [6.07, 6.45) is 1.87. The van der Waals surface area contributed by atoms with Gasteiger partial charge in [-0.1, -0.05) is 30.3 Å². The van der Waals surface area contributed by atoms with E-state index in [0.29, 0.717) is 17.0 Å². The van der Waals surface area contributed by atoms with Gasteiger partial charge in [-0.05, 0) is 30.2 Å². The molecule has 3 heteroatoms. The summed E-state index contributed by atoms with van der Waals surface area (Å²) >= 11 is 0. The Bertz CT molecular complexity index is 688. The summed E-state index contributed by atoms with van der Waals surface area (Å²) in [7, 11) is 0. The van der Waals surface area contributed by atoms with E-state index in [4.69, 9.17) is 0 Å². The van der Waals surface area contributed by atoms with Gasteiger partial charge < -0.3 is 4.90 Å². The van der Waals surface area contributed by atoms with Crippen molar-refractivity contribution in [3.05, 3.63) is 65.2 Å². The number of rotatable bonds is 3. The molecule has 0 radical (unpaired) electrons. The van der Waals surface area contributed by atoms with Gasteiger partial charge in [-0.25, -0.2) is 0 Å². The lowest BCUT2D eigenvalue weighted by Gasteiger charge is -2.20. The van der Waals surface area contributed by atoms with Gasteiger partial charge >= 0.3 is 0 Å². The van der Waals surface area contributed by atoms with Gasteiger partial charge in [-0.3, -0.25) is 4.79 Å². The topological polar surface area (TPSA) is 44.1 Å². The minimum atomic E-state index is 0.503. The van der Waals surface area contributed by atoms with E-state index in [1.165, 1.54) is 5.56 Å². The third-order valence-electron chi connectivity index (χ3n) is 4.08. The smallest absolute Gasteiger partial charge is 0.150 e. The van der Waals surface area contributed by atoms with Crippen LogP contribution in [0.4, 0.5) is 5.69 Å². The maximum absolute atomic E-state index is 10.8. The Hall–Kier alpha value is -2.60. The minimum absolute atomic E-state index is 0.503. The highest BCUT2D eigenvalue weighted by molar-refractivity contribution is 5.78. The molecule has 2 aromatic rings. The Labute approximate surface area is 124 Å². The Morgan fingerprint density at radius 2 is 2.00 bits per heavy atom. The summed E-state index contributed by atoms with van der Waals surface area (Å²) in [5.41, 5.74) is 3.41. The highest BCUT2D eigenvalue weighted by atomic mass is 16.1. The Morgan fingerprint density at radius 1 is 1.19 bits per heavy atom. The fourth-order valence-electron chi connectivity index (χ4n) is 2.97. The van der Waals surface area contributed by atoms with E-state index in [-0.39, 0.29) is 0 Å². The normalized spacial score (nSPS) is 17.5. The van der Waals surface area contributed by atoms with Crippen LogP contribution in [0.15, 0.2) is 48.5 Å². The van der Waals surface area contributed by atoms with Crippen LogP contribution in [0.2, 0.25) is 0 Å². The molecule has 1 saturated heterocycles. The molecular formula is C18H16N2O. The van der Waals surface area contributed by atoms with Crippen molar-refractivity contribution in [3.8, 4) is 6.07 Å². The molecule has 104 valence electrons. The molecule has 0 aliphatic carbocycles. The standard InChI is InChI=1S/C18H16N2O/c19-11-17-10-14(13-21)6-7-18(17)20-9-8-16(12-20)15-4-2-1-3-5-15/h1-7,10,13,16H,8-9,12H2. The zero-order chi connectivity index (χ0) is 14.7. The van der Waals surface area contributed by atoms with Crippen LogP contribution in [-0.4, -0.2) is 19.4 Å². The van der Waals surface area contributed by atoms with Crippen LogP contribution in [0, 0.1) is 11.3 Å². The van der Waals surface area contributed by atoms with E-state index in [1.54, 1.807) is 12.1 Å². The molecule has 1 aliphatic rings. The second-order valence-corrected chi connectivity index (χ2v) is 5.35. The summed E-state index contributed by atoms with van der Waals surface area (Å²) in [5.74, 6) is 0.503. The lowest BCUT2D eigenvalue weighted by Crippen LogP contribution is -2.20. The molecule has 0 aromatic heterocycles. The van der Waals surface area contributed by atoms with E-state index in [9.17, 15) is 10.1 Å². The zero-order valence-electron chi connectivity index (χ0n) is 11.7. The number of carbonyl (C=O) groups is 1. The molecule has 1 fully saturated rings. The predicted octanol–water partition coefficient (Wildman–Crippen LogP) is 3.36. The van der Waals surface area contributed by atoms with Gasteiger partial charge in [0.05, 0.1) is 11.3 Å². The summed E-state index contributed by atoms with van der Waals surface area (Å²) < 4.78 is 0. The highest BCUT2D eigenvalue weighted by Gasteiger charge is 2.25. The quantitative estimate of drug-likeness (QED) is 0.807. The number of hydrogen-bond acceptors (Lipinski definition) is 3. The molecule has 3 rings (SSSR count). The summed E-state index contributed by atoms with van der Waals surface area (Å²) in [4.78, 5) is 13.1. The van der Waals surface area contributed by atoms with Crippen molar-refractivity contribution >= 4 is 12.0 Å².